The summed E-state index contributed by atoms with van der Waals surface area (Å²) in [5, 5.41) is 0. The van der Waals surface area contributed by atoms with Crippen LogP contribution in [0.1, 0.15) is 17.5 Å². The number of hydroxylamine groups is 1. The van der Waals surface area contributed by atoms with Gasteiger partial charge in [-0.15, -0.1) is 0 Å². The van der Waals surface area contributed by atoms with Crippen LogP contribution in [0.15, 0.2) is 48.5 Å². The summed E-state index contributed by atoms with van der Waals surface area (Å²) < 4.78 is 10.4. The first-order chi connectivity index (χ1) is 11.2. The van der Waals surface area contributed by atoms with Gasteiger partial charge in [-0.1, -0.05) is 36.4 Å². The number of hydrogen-bond acceptors (Lipinski definition) is 4. The summed E-state index contributed by atoms with van der Waals surface area (Å²) in [7, 11) is 3.18. The van der Waals surface area contributed by atoms with E-state index in [2.05, 4.69) is 5.48 Å². The Bertz CT molecular complexity index is 628. The standard InChI is InChI=1S/C18H21NO4/c1-21-16-10-8-14(12-17(16)22-2)9-11-18(20)19-23-13-15-6-4-3-5-7-15/h3-8,10,12H,9,11,13H2,1-2H3,(H,19,20). The van der Waals surface area contributed by atoms with E-state index in [0.29, 0.717) is 30.9 Å². The number of hydrogen-bond donors (Lipinski definition) is 1. The van der Waals surface area contributed by atoms with Crippen LogP contribution in [0.25, 0.3) is 0 Å². The average Bonchev–Trinajstić information content (AvgIpc) is 2.60. The highest BCUT2D eigenvalue weighted by atomic mass is 16.6. The third kappa shape index (κ3) is 5.30. The van der Waals surface area contributed by atoms with Crippen molar-refractivity contribution in [2.24, 2.45) is 0 Å². The molecule has 0 aromatic heterocycles. The molecule has 0 saturated heterocycles. The van der Waals surface area contributed by atoms with Crippen molar-refractivity contribution in [2.45, 2.75) is 19.4 Å². The SMILES string of the molecule is COc1ccc(CCC(=O)NOCc2ccccc2)cc1OC. The predicted octanol–water partition coefficient (Wildman–Crippen LogP) is 2.88. The van der Waals surface area contributed by atoms with Gasteiger partial charge in [0.05, 0.1) is 20.8 Å². The second-order valence-corrected chi connectivity index (χ2v) is 4.99. The third-order valence-corrected chi connectivity index (χ3v) is 3.36. The lowest BCUT2D eigenvalue weighted by Crippen LogP contribution is -2.23. The molecule has 0 spiro atoms. The largest absolute Gasteiger partial charge is 0.493 e. The maximum atomic E-state index is 11.8. The minimum atomic E-state index is -0.157. The summed E-state index contributed by atoms with van der Waals surface area (Å²) in [5.41, 5.74) is 4.47. The number of benzene rings is 2. The van der Waals surface area contributed by atoms with Crippen LogP contribution < -0.4 is 15.0 Å². The van der Waals surface area contributed by atoms with Gasteiger partial charge in [0, 0.05) is 6.42 Å². The Morgan fingerprint density at radius 3 is 2.39 bits per heavy atom. The molecule has 2 rings (SSSR count). The summed E-state index contributed by atoms with van der Waals surface area (Å²) in [5.74, 6) is 1.17. The van der Waals surface area contributed by atoms with E-state index in [0.717, 1.165) is 11.1 Å². The first-order valence-corrected chi connectivity index (χ1v) is 7.38. The van der Waals surface area contributed by atoms with Crippen LogP contribution >= 0.6 is 0 Å². The highest BCUT2D eigenvalue weighted by molar-refractivity contribution is 5.75. The molecule has 0 aliphatic carbocycles. The van der Waals surface area contributed by atoms with E-state index in [-0.39, 0.29) is 5.91 Å². The Kier molecular flexibility index (Phi) is 6.44. The summed E-state index contributed by atoms with van der Waals surface area (Å²) in [4.78, 5) is 17.0. The molecule has 23 heavy (non-hydrogen) atoms. The van der Waals surface area contributed by atoms with E-state index < -0.39 is 0 Å². The van der Waals surface area contributed by atoms with Crippen molar-refractivity contribution in [3.63, 3.8) is 0 Å². The Hall–Kier alpha value is -2.53. The van der Waals surface area contributed by atoms with Crippen LogP contribution in [0.2, 0.25) is 0 Å². The molecule has 1 amide bonds. The van der Waals surface area contributed by atoms with Crippen LogP contribution in [0, 0.1) is 0 Å². The average molecular weight is 315 g/mol. The number of amides is 1. The van der Waals surface area contributed by atoms with Crippen molar-refractivity contribution in [2.75, 3.05) is 14.2 Å². The molecule has 5 heteroatoms. The van der Waals surface area contributed by atoms with Gasteiger partial charge in [-0.05, 0) is 29.7 Å². The molecule has 2 aromatic carbocycles. The zero-order valence-electron chi connectivity index (χ0n) is 13.4. The summed E-state index contributed by atoms with van der Waals surface area (Å²) in [6.07, 6.45) is 0.936. The van der Waals surface area contributed by atoms with E-state index in [4.69, 9.17) is 14.3 Å². The number of rotatable bonds is 8. The second-order valence-electron chi connectivity index (χ2n) is 4.99. The fourth-order valence-corrected chi connectivity index (χ4v) is 2.12. The molecule has 5 nitrogen and oxygen atoms in total. The molecule has 2 aromatic rings. The zero-order chi connectivity index (χ0) is 16.5. The van der Waals surface area contributed by atoms with Crippen molar-refractivity contribution in [3.05, 3.63) is 59.7 Å². The third-order valence-electron chi connectivity index (χ3n) is 3.36. The molecule has 0 fully saturated rings. The second kappa shape index (κ2) is 8.80. The number of carbonyl (C=O) groups is 1. The molecule has 0 saturated carbocycles. The number of ether oxygens (including phenoxy) is 2. The Morgan fingerprint density at radius 2 is 1.70 bits per heavy atom. The lowest BCUT2D eigenvalue weighted by Gasteiger charge is -2.10. The normalized spacial score (nSPS) is 10.2. The van der Waals surface area contributed by atoms with Crippen LogP contribution in [0.4, 0.5) is 0 Å². The Morgan fingerprint density at radius 1 is 0.957 bits per heavy atom. The molecule has 0 heterocycles. The van der Waals surface area contributed by atoms with E-state index >= 15 is 0 Å². The topological polar surface area (TPSA) is 56.8 Å². The van der Waals surface area contributed by atoms with Gasteiger partial charge >= 0.3 is 0 Å². The number of aryl methyl sites for hydroxylation is 1. The smallest absolute Gasteiger partial charge is 0.243 e. The van der Waals surface area contributed by atoms with Crippen molar-refractivity contribution >= 4 is 5.91 Å². The van der Waals surface area contributed by atoms with Gasteiger partial charge in [-0.2, -0.15) is 0 Å². The predicted molar refractivity (Wildman–Crippen MR) is 87.2 cm³/mol. The van der Waals surface area contributed by atoms with Crippen LogP contribution in [-0.2, 0) is 22.7 Å². The Labute approximate surface area is 136 Å². The maximum Gasteiger partial charge on any atom is 0.243 e. The highest BCUT2D eigenvalue weighted by Gasteiger charge is 2.07. The molecule has 0 aliphatic heterocycles. The molecule has 0 bridgehead atoms. The van der Waals surface area contributed by atoms with Gasteiger partial charge < -0.3 is 9.47 Å². The summed E-state index contributed by atoms with van der Waals surface area (Å²) >= 11 is 0. The van der Waals surface area contributed by atoms with Gasteiger partial charge in [-0.25, -0.2) is 5.48 Å². The van der Waals surface area contributed by atoms with Gasteiger partial charge in [0.1, 0.15) is 0 Å². The quantitative estimate of drug-likeness (QED) is 0.761. The van der Waals surface area contributed by atoms with Crippen LogP contribution in [0.5, 0.6) is 11.5 Å². The lowest BCUT2D eigenvalue weighted by molar-refractivity contribution is -0.134. The minimum Gasteiger partial charge on any atom is -0.493 e. The van der Waals surface area contributed by atoms with Gasteiger partial charge in [-0.3, -0.25) is 9.63 Å². The van der Waals surface area contributed by atoms with E-state index in [1.54, 1.807) is 14.2 Å². The number of nitrogens with one attached hydrogen (secondary N) is 1. The fraction of sp³-hybridized carbons (Fsp3) is 0.278. The number of carbonyl (C=O) groups excluding carboxylic acids is 1. The first kappa shape index (κ1) is 16.8. The van der Waals surface area contributed by atoms with E-state index in [9.17, 15) is 4.79 Å². The van der Waals surface area contributed by atoms with Crippen molar-refractivity contribution in [3.8, 4) is 11.5 Å². The summed E-state index contributed by atoms with van der Waals surface area (Å²) in [6.45, 7) is 0.350. The molecular formula is C18H21NO4. The van der Waals surface area contributed by atoms with Crippen molar-refractivity contribution in [1.29, 1.82) is 0 Å². The minimum absolute atomic E-state index is 0.157. The van der Waals surface area contributed by atoms with E-state index in [1.165, 1.54) is 0 Å². The van der Waals surface area contributed by atoms with Crippen molar-refractivity contribution < 1.29 is 19.1 Å². The van der Waals surface area contributed by atoms with Crippen molar-refractivity contribution in [1.82, 2.24) is 5.48 Å². The summed E-state index contributed by atoms with van der Waals surface area (Å²) in [6, 6.07) is 15.3. The van der Waals surface area contributed by atoms with Gasteiger partial charge in [0.15, 0.2) is 11.5 Å². The molecule has 122 valence electrons. The van der Waals surface area contributed by atoms with Crippen LogP contribution in [0.3, 0.4) is 0 Å². The monoisotopic (exact) mass is 315 g/mol. The molecule has 1 N–H and O–H groups in total. The van der Waals surface area contributed by atoms with Gasteiger partial charge in [0.2, 0.25) is 5.91 Å². The number of methoxy groups -OCH3 is 2. The molecule has 0 radical (unpaired) electrons. The van der Waals surface area contributed by atoms with Gasteiger partial charge in [0.25, 0.3) is 0 Å². The molecule has 0 unspecified atom stereocenters. The fourth-order valence-electron chi connectivity index (χ4n) is 2.12. The van der Waals surface area contributed by atoms with Crippen LogP contribution in [-0.4, -0.2) is 20.1 Å². The zero-order valence-corrected chi connectivity index (χ0v) is 13.4. The Balaban J connectivity index is 1.76. The molecule has 0 atom stereocenters. The molecular weight excluding hydrogens is 294 g/mol. The lowest BCUT2D eigenvalue weighted by atomic mass is 10.1. The maximum absolute atomic E-state index is 11.8. The van der Waals surface area contributed by atoms with E-state index in [1.807, 2.05) is 48.5 Å². The highest BCUT2D eigenvalue weighted by Crippen LogP contribution is 2.27. The first-order valence-electron chi connectivity index (χ1n) is 7.38. The molecule has 0 aliphatic rings.